The third-order valence-electron chi connectivity index (χ3n) is 3.33. The number of rotatable bonds is 9. The minimum Gasteiger partial charge on any atom is -0.352 e. The van der Waals surface area contributed by atoms with Gasteiger partial charge in [-0.05, 0) is 38.8 Å². The Hall–Kier alpha value is -0.120. The molecule has 17 heavy (non-hydrogen) atoms. The molecule has 3 heteroatoms. The quantitative estimate of drug-likeness (QED) is 0.499. The van der Waals surface area contributed by atoms with Crippen molar-refractivity contribution in [2.45, 2.75) is 58.7 Å². The molecule has 1 aliphatic rings. The van der Waals surface area contributed by atoms with E-state index >= 15 is 0 Å². The van der Waals surface area contributed by atoms with Crippen molar-refractivity contribution in [3.8, 4) is 0 Å². The van der Waals surface area contributed by atoms with Crippen LogP contribution in [0, 0.1) is 5.92 Å². The van der Waals surface area contributed by atoms with E-state index < -0.39 is 0 Å². The van der Waals surface area contributed by atoms with Gasteiger partial charge in [-0.15, -0.1) is 0 Å². The molecule has 1 heterocycles. The molecule has 0 aliphatic carbocycles. The van der Waals surface area contributed by atoms with Crippen LogP contribution in [0.5, 0.6) is 0 Å². The Morgan fingerprint density at radius 2 is 1.53 bits per heavy atom. The lowest BCUT2D eigenvalue weighted by atomic mass is 9.97. The first-order chi connectivity index (χ1) is 8.38. The van der Waals surface area contributed by atoms with Crippen molar-refractivity contribution in [1.29, 1.82) is 0 Å². The predicted octanol–water partition coefficient (Wildman–Crippen LogP) is 2.95. The smallest absolute Gasteiger partial charge is 0.160 e. The number of hydrogen-bond acceptors (Lipinski definition) is 3. The normalized spacial score (nSPS) is 17.8. The fourth-order valence-electron chi connectivity index (χ4n) is 2.12. The van der Waals surface area contributed by atoms with Crippen molar-refractivity contribution >= 4 is 0 Å². The van der Waals surface area contributed by atoms with Crippen LogP contribution in [0.2, 0.25) is 0 Å². The summed E-state index contributed by atoms with van der Waals surface area (Å²) in [5.74, 6) is 0.588. The first kappa shape index (κ1) is 14.9. The van der Waals surface area contributed by atoms with Crippen LogP contribution in [0.4, 0.5) is 0 Å². The molecule has 1 rings (SSSR count). The van der Waals surface area contributed by atoms with Gasteiger partial charge in [-0.3, -0.25) is 0 Å². The second kappa shape index (κ2) is 9.86. The highest BCUT2D eigenvalue weighted by atomic mass is 16.7. The topological polar surface area (TPSA) is 30.5 Å². The van der Waals surface area contributed by atoms with Crippen LogP contribution in [0.15, 0.2) is 0 Å². The third kappa shape index (κ3) is 6.39. The summed E-state index contributed by atoms with van der Waals surface area (Å²) in [6.07, 6.45) is 7.06. The summed E-state index contributed by atoms with van der Waals surface area (Å²) >= 11 is 0. The maximum absolute atomic E-state index is 5.92. The van der Waals surface area contributed by atoms with Crippen molar-refractivity contribution in [3.63, 3.8) is 0 Å². The van der Waals surface area contributed by atoms with Crippen molar-refractivity contribution in [3.05, 3.63) is 0 Å². The lowest BCUT2D eigenvalue weighted by Crippen LogP contribution is -2.37. The molecule has 0 atom stereocenters. The maximum Gasteiger partial charge on any atom is 0.160 e. The summed E-state index contributed by atoms with van der Waals surface area (Å²) in [7, 11) is 0. The summed E-state index contributed by atoms with van der Waals surface area (Å²) in [5, 5.41) is 3.39. The third-order valence-corrected chi connectivity index (χ3v) is 3.33. The highest BCUT2D eigenvalue weighted by Crippen LogP contribution is 2.20. The molecular formula is C14H29NO2. The van der Waals surface area contributed by atoms with Crippen molar-refractivity contribution in [1.82, 2.24) is 5.32 Å². The molecule has 0 radical (unpaired) electrons. The van der Waals surface area contributed by atoms with Crippen LogP contribution in [-0.4, -0.2) is 32.6 Å². The fraction of sp³-hybridized carbons (Fsp3) is 1.00. The summed E-state index contributed by atoms with van der Waals surface area (Å²) in [5.41, 5.74) is 0. The van der Waals surface area contributed by atoms with Gasteiger partial charge in [0.25, 0.3) is 0 Å². The zero-order valence-electron chi connectivity index (χ0n) is 11.5. The molecule has 0 amide bonds. The second-order valence-electron chi connectivity index (χ2n) is 4.90. The molecule has 3 nitrogen and oxygen atoms in total. The van der Waals surface area contributed by atoms with Crippen LogP contribution in [0.1, 0.15) is 52.4 Å². The molecule has 0 saturated carbocycles. The molecule has 0 aromatic heterocycles. The summed E-state index contributed by atoms with van der Waals surface area (Å²) in [6, 6.07) is 0. The lowest BCUT2D eigenvalue weighted by Gasteiger charge is -2.30. The average Bonchev–Trinajstić information content (AvgIpc) is 2.38. The summed E-state index contributed by atoms with van der Waals surface area (Å²) < 4.78 is 11.8. The number of nitrogens with one attached hydrogen (secondary N) is 1. The van der Waals surface area contributed by atoms with Gasteiger partial charge in [0.15, 0.2) is 6.29 Å². The molecule has 0 bridgehead atoms. The molecule has 1 saturated heterocycles. The largest absolute Gasteiger partial charge is 0.352 e. The number of piperidine rings is 1. The Balaban J connectivity index is 2.27. The van der Waals surface area contributed by atoms with E-state index in [1.165, 1.54) is 25.7 Å². The van der Waals surface area contributed by atoms with Gasteiger partial charge >= 0.3 is 0 Å². The van der Waals surface area contributed by atoms with Gasteiger partial charge in [0.2, 0.25) is 0 Å². The second-order valence-corrected chi connectivity index (χ2v) is 4.90. The van der Waals surface area contributed by atoms with Gasteiger partial charge in [-0.1, -0.05) is 26.7 Å². The van der Waals surface area contributed by atoms with Crippen LogP contribution in [0.25, 0.3) is 0 Å². The monoisotopic (exact) mass is 243 g/mol. The maximum atomic E-state index is 5.92. The predicted molar refractivity (Wildman–Crippen MR) is 71.1 cm³/mol. The number of hydrogen-bond donors (Lipinski definition) is 1. The van der Waals surface area contributed by atoms with Crippen LogP contribution in [0.3, 0.4) is 0 Å². The molecular weight excluding hydrogens is 214 g/mol. The first-order valence-corrected chi connectivity index (χ1v) is 7.32. The van der Waals surface area contributed by atoms with Crippen LogP contribution >= 0.6 is 0 Å². The van der Waals surface area contributed by atoms with E-state index in [1.54, 1.807) is 0 Å². The van der Waals surface area contributed by atoms with Crippen molar-refractivity contribution < 1.29 is 9.47 Å². The van der Waals surface area contributed by atoms with E-state index in [2.05, 4.69) is 19.2 Å². The zero-order valence-corrected chi connectivity index (χ0v) is 11.5. The minimum absolute atomic E-state index is 0.0372. The molecule has 102 valence electrons. The summed E-state index contributed by atoms with van der Waals surface area (Å²) in [4.78, 5) is 0. The molecule has 0 unspecified atom stereocenters. The molecule has 0 aromatic rings. The van der Waals surface area contributed by atoms with E-state index in [4.69, 9.17) is 9.47 Å². The van der Waals surface area contributed by atoms with Gasteiger partial charge < -0.3 is 14.8 Å². The van der Waals surface area contributed by atoms with Crippen molar-refractivity contribution in [2.24, 2.45) is 5.92 Å². The van der Waals surface area contributed by atoms with Gasteiger partial charge in [0.05, 0.1) is 0 Å². The van der Waals surface area contributed by atoms with E-state index in [9.17, 15) is 0 Å². The zero-order chi connectivity index (χ0) is 12.3. The first-order valence-electron chi connectivity index (χ1n) is 7.32. The van der Waals surface area contributed by atoms with E-state index in [0.717, 1.165) is 39.1 Å². The SMILES string of the molecule is CCCCOC(OCCCC)C1CCNCC1. The van der Waals surface area contributed by atoms with Crippen molar-refractivity contribution in [2.75, 3.05) is 26.3 Å². The lowest BCUT2D eigenvalue weighted by molar-refractivity contribution is -0.177. The van der Waals surface area contributed by atoms with E-state index in [-0.39, 0.29) is 6.29 Å². The van der Waals surface area contributed by atoms with Crippen LogP contribution < -0.4 is 5.32 Å². The Morgan fingerprint density at radius 3 is 2.00 bits per heavy atom. The number of unbranched alkanes of at least 4 members (excludes halogenated alkanes) is 2. The fourth-order valence-corrected chi connectivity index (χ4v) is 2.12. The van der Waals surface area contributed by atoms with Gasteiger partial charge in [0, 0.05) is 19.1 Å². The minimum atomic E-state index is 0.0372. The molecule has 1 aliphatic heterocycles. The van der Waals surface area contributed by atoms with Gasteiger partial charge in [-0.25, -0.2) is 0 Å². The average molecular weight is 243 g/mol. The Kier molecular flexibility index (Phi) is 8.67. The van der Waals surface area contributed by atoms with Crippen LogP contribution in [-0.2, 0) is 9.47 Å². The van der Waals surface area contributed by atoms with Gasteiger partial charge in [0.1, 0.15) is 0 Å². The molecule has 1 N–H and O–H groups in total. The highest BCUT2D eigenvalue weighted by molar-refractivity contribution is 4.71. The summed E-state index contributed by atoms with van der Waals surface area (Å²) in [6.45, 7) is 8.29. The Morgan fingerprint density at radius 1 is 1.00 bits per heavy atom. The molecule has 1 fully saturated rings. The standard InChI is InChI=1S/C14H29NO2/c1-3-5-11-16-14(17-12-6-4-2)13-7-9-15-10-8-13/h13-15H,3-12H2,1-2H3. The Labute approximate surface area is 106 Å². The number of ether oxygens (including phenoxy) is 2. The van der Waals surface area contributed by atoms with Gasteiger partial charge in [-0.2, -0.15) is 0 Å². The highest BCUT2D eigenvalue weighted by Gasteiger charge is 2.24. The Bertz CT molecular complexity index is 160. The van der Waals surface area contributed by atoms with E-state index in [0.29, 0.717) is 5.92 Å². The van der Waals surface area contributed by atoms with E-state index in [1.807, 2.05) is 0 Å². The molecule has 0 spiro atoms. The molecule has 0 aromatic carbocycles.